The number of likely N-dealkylation sites (tertiary alicyclic amines) is 1. The summed E-state index contributed by atoms with van der Waals surface area (Å²) in [6, 6.07) is -0.446. The quantitative estimate of drug-likeness (QED) is 0.713. The molecule has 0 saturated carbocycles. The molecule has 2 aliphatic rings. The lowest BCUT2D eigenvalue weighted by molar-refractivity contribution is -0.140. The van der Waals surface area contributed by atoms with E-state index in [9.17, 15) is 9.59 Å². The number of rotatable bonds is 4. The highest BCUT2D eigenvalue weighted by atomic mass is 16.5. The largest absolute Gasteiger partial charge is 0.481 e. The number of carboxylic acids is 1. The molecule has 20 heavy (non-hydrogen) atoms. The van der Waals surface area contributed by atoms with Crippen molar-refractivity contribution < 1.29 is 24.2 Å². The van der Waals surface area contributed by atoms with Crippen molar-refractivity contribution in [2.45, 2.75) is 24.7 Å². The molecular formula is C13H20N2O5. The number of carbonyl (C=O) groups excluding carboxylic acids is 1. The fourth-order valence-electron chi connectivity index (χ4n) is 2.60. The standard InChI is InChI=1S/C13H20N2O5/c1-19-10-6-15(7-11(10)20-2)13(18)14-9-4-3-8(5-9)12(16)17/h3-4,8-11H,5-7H2,1-2H3,(H,14,18)(H,16,17). The van der Waals surface area contributed by atoms with E-state index in [-0.39, 0.29) is 24.3 Å². The molecule has 1 saturated heterocycles. The van der Waals surface area contributed by atoms with Crippen LogP contribution in [0, 0.1) is 5.92 Å². The lowest BCUT2D eigenvalue weighted by atomic mass is 10.1. The third-order valence-electron chi connectivity index (χ3n) is 3.82. The summed E-state index contributed by atoms with van der Waals surface area (Å²) < 4.78 is 10.6. The minimum atomic E-state index is -0.863. The third kappa shape index (κ3) is 3.10. The summed E-state index contributed by atoms with van der Waals surface area (Å²) in [7, 11) is 3.19. The Morgan fingerprint density at radius 3 is 2.25 bits per heavy atom. The molecule has 1 aliphatic heterocycles. The van der Waals surface area contributed by atoms with E-state index in [1.807, 2.05) is 0 Å². The molecule has 2 rings (SSSR count). The number of aliphatic carboxylic acids is 1. The van der Waals surface area contributed by atoms with Crippen LogP contribution in [0.2, 0.25) is 0 Å². The first-order chi connectivity index (χ1) is 9.55. The average molecular weight is 284 g/mol. The Morgan fingerprint density at radius 1 is 1.20 bits per heavy atom. The normalized spacial score (nSPS) is 32.6. The molecule has 0 spiro atoms. The van der Waals surface area contributed by atoms with Crippen LogP contribution in [0.3, 0.4) is 0 Å². The average Bonchev–Trinajstić information content (AvgIpc) is 3.04. The minimum absolute atomic E-state index is 0.128. The van der Waals surface area contributed by atoms with Crippen molar-refractivity contribution in [2.24, 2.45) is 5.92 Å². The van der Waals surface area contributed by atoms with Crippen LogP contribution in [0.1, 0.15) is 6.42 Å². The molecule has 0 aromatic heterocycles. The molecule has 112 valence electrons. The first kappa shape index (κ1) is 14.8. The van der Waals surface area contributed by atoms with Crippen molar-refractivity contribution >= 4 is 12.0 Å². The third-order valence-corrected chi connectivity index (χ3v) is 3.82. The Bertz CT molecular complexity index is 400. The van der Waals surface area contributed by atoms with Gasteiger partial charge in [-0.3, -0.25) is 4.79 Å². The Hall–Kier alpha value is -1.60. The van der Waals surface area contributed by atoms with Crippen LogP contribution in [0.5, 0.6) is 0 Å². The van der Waals surface area contributed by atoms with Gasteiger partial charge in [0.25, 0.3) is 0 Å². The highest BCUT2D eigenvalue weighted by Gasteiger charge is 2.36. The van der Waals surface area contributed by atoms with Crippen molar-refractivity contribution in [2.75, 3.05) is 27.3 Å². The number of nitrogens with zero attached hydrogens (tertiary/aromatic N) is 1. The molecule has 0 aromatic rings. The number of ether oxygens (including phenoxy) is 2. The number of methoxy groups -OCH3 is 2. The molecule has 2 amide bonds. The maximum atomic E-state index is 12.1. The van der Waals surface area contributed by atoms with Gasteiger partial charge >= 0.3 is 12.0 Å². The van der Waals surface area contributed by atoms with Crippen LogP contribution in [-0.4, -0.2) is 67.6 Å². The Labute approximate surface area is 117 Å². The first-order valence-corrected chi connectivity index (χ1v) is 6.57. The fourth-order valence-corrected chi connectivity index (χ4v) is 2.60. The summed E-state index contributed by atoms with van der Waals surface area (Å²) in [6.07, 6.45) is 3.49. The number of amides is 2. The Balaban J connectivity index is 1.85. The SMILES string of the molecule is COC1CN(C(=O)NC2C=CC(C(=O)O)C2)CC1OC. The lowest BCUT2D eigenvalue weighted by Gasteiger charge is -2.20. The number of carboxylic acid groups (broad SMARTS) is 1. The molecule has 7 nitrogen and oxygen atoms in total. The molecule has 2 N–H and O–H groups in total. The number of carbonyl (C=O) groups is 2. The Kier molecular flexibility index (Phi) is 4.61. The van der Waals surface area contributed by atoms with E-state index < -0.39 is 11.9 Å². The van der Waals surface area contributed by atoms with Crippen LogP contribution in [0.4, 0.5) is 4.79 Å². The molecule has 1 aliphatic carbocycles. The zero-order valence-corrected chi connectivity index (χ0v) is 11.6. The van der Waals surface area contributed by atoms with Gasteiger partial charge in [-0.05, 0) is 6.42 Å². The topological polar surface area (TPSA) is 88.1 Å². The minimum Gasteiger partial charge on any atom is -0.481 e. The van der Waals surface area contributed by atoms with E-state index in [1.54, 1.807) is 31.3 Å². The Morgan fingerprint density at radius 2 is 1.80 bits per heavy atom. The van der Waals surface area contributed by atoms with Gasteiger partial charge in [0.15, 0.2) is 0 Å². The van der Waals surface area contributed by atoms with Crippen LogP contribution in [0.25, 0.3) is 0 Å². The monoisotopic (exact) mass is 284 g/mol. The molecule has 0 radical (unpaired) electrons. The smallest absolute Gasteiger partial charge is 0.318 e. The van der Waals surface area contributed by atoms with Gasteiger partial charge in [0.1, 0.15) is 12.2 Å². The van der Waals surface area contributed by atoms with Gasteiger partial charge in [-0.1, -0.05) is 12.2 Å². The van der Waals surface area contributed by atoms with Crippen LogP contribution in [0.15, 0.2) is 12.2 Å². The van der Waals surface area contributed by atoms with E-state index in [4.69, 9.17) is 14.6 Å². The summed E-state index contributed by atoms with van der Waals surface area (Å²) in [5, 5.41) is 11.7. The van der Waals surface area contributed by atoms with Gasteiger partial charge in [0, 0.05) is 14.2 Å². The summed E-state index contributed by atoms with van der Waals surface area (Å²) in [5.74, 6) is -1.38. The van der Waals surface area contributed by atoms with E-state index in [0.29, 0.717) is 19.5 Å². The van der Waals surface area contributed by atoms with Gasteiger partial charge in [0.2, 0.25) is 0 Å². The summed E-state index contributed by atoms with van der Waals surface area (Å²) >= 11 is 0. The predicted octanol–water partition coefficient (Wildman–Crippen LogP) is 0.0709. The number of hydrogen-bond donors (Lipinski definition) is 2. The molecule has 4 atom stereocenters. The fraction of sp³-hybridized carbons (Fsp3) is 0.692. The number of urea groups is 1. The molecule has 0 bridgehead atoms. The summed E-state index contributed by atoms with van der Waals surface area (Å²) in [4.78, 5) is 24.6. The highest BCUT2D eigenvalue weighted by Crippen LogP contribution is 2.20. The zero-order valence-electron chi connectivity index (χ0n) is 11.6. The number of nitrogens with one attached hydrogen (secondary N) is 1. The summed E-state index contributed by atoms with van der Waals surface area (Å²) in [5.41, 5.74) is 0. The zero-order chi connectivity index (χ0) is 14.7. The van der Waals surface area contributed by atoms with E-state index in [0.717, 1.165) is 0 Å². The molecule has 1 heterocycles. The van der Waals surface area contributed by atoms with E-state index in [1.165, 1.54) is 0 Å². The molecule has 4 unspecified atom stereocenters. The van der Waals surface area contributed by atoms with Gasteiger partial charge in [-0.2, -0.15) is 0 Å². The first-order valence-electron chi connectivity index (χ1n) is 6.57. The maximum absolute atomic E-state index is 12.1. The van der Waals surface area contributed by atoms with E-state index in [2.05, 4.69) is 5.32 Å². The van der Waals surface area contributed by atoms with Gasteiger partial charge in [-0.25, -0.2) is 4.79 Å². The van der Waals surface area contributed by atoms with Crippen LogP contribution >= 0.6 is 0 Å². The van der Waals surface area contributed by atoms with Crippen LogP contribution in [-0.2, 0) is 14.3 Å². The molecule has 0 aromatic carbocycles. The van der Waals surface area contributed by atoms with Gasteiger partial charge in [-0.15, -0.1) is 0 Å². The van der Waals surface area contributed by atoms with Gasteiger partial charge < -0.3 is 24.8 Å². The van der Waals surface area contributed by atoms with Crippen molar-refractivity contribution in [1.82, 2.24) is 10.2 Å². The van der Waals surface area contributed by atoms with E-state index >= 15 is 0 Å². The highest BCUT2D eigenvalue weighted by molar-refractivity contribution is 5.76. The summed E-state index contributed by atoms with van der Waals surface area (Å²) in [6.45, 7) is 0.944. The lowest BCUT2D eigenvalue weighted by Crippen LogP contribution is -2.43. The molecule has 7 heteroatoms. The van der Waals surface area contributed by atoms with Crippen molar-refractivity contribution in [3.63, 3.8) is 0 Å². The van der Waals surface area contributed by atoms with Crippen LogP contribution < -0.4 is 5.32 Å². The second-order valence-corrected chi connectivity index (χ2v) is 5.07. The molecular weight excluding hydrogens is 264 g/mol. The van der Waals surface area contributed by atoms with Crippen molar-refractivity contribution in [1.29, 1.82) is 0 Å². The van der Waals surface area contributed by atoms with Crippen molar-refractivity contribution in [3.8, 4) is 0 Å². The second kappa shape index (κ2) is 6.23. The van der Waals surface area contributed by atoms with Crippen molar-refractivity contribution in [3.05, 3.63) is 12.2 Å². The number of hydrogen-bond acceptors (Lipinski definition) is 4. The van der Waals surface area contributed by atoms with Gasteiger partial charge in [0.05, 0.1) is 25.0 Å². The predicted molar refractivity (Wildman–Crippen MR) is 70.4 cm³/mol. The molecule has 1 fully saturated rings. The maximum Gasteiger partial charge on any atom is 0.318 e. The second-order valence-electron chi connectivity index (χ2n) is 5.07.